The summed E-state index contributed by atoms with van der Waals surface area (Å²) in [5.41, 5.74) is 4.38. The lowest BCUT2D eigenvalue weighted by atomic mass is 10.1. The molecule has 0 aromatic heterocycles. The summed E-state index contributed by atoms with van der Waals surface area (Å²) in [5, 5.41) is 5.47. The van der Waals surface area contributed by atoms with Gasteiger partial charge in [0, 0.05) is 30.4 Å². The number of nitrogens with one attached hydrogen (secondary N) is 2. The van der Waals surface area contributed by atoms with Crippen LogP contribution in [0, 0.1) is 0 Å². The molecule has 20 heavy (non-hydrogen) atoms. The summed E-state index contributed by atoms with van der Waals surface area (Å²) < 4.78 is 38.0. The predicted octanol–water partition coefficient (Wildman–Crippen LogP) is 2.61. The number of hydrogen-bond donors (Lipinski definition) is 3. The molecule has 0 aliphatic carbocycles. The molecule has 4 nitrogen and oxygen atoms in total. The number of nitrogens with two attached hydrogens (primary N) is 1. The van der Waals surface area contributed by atoms with Gasteiger partial charge in [0.25, 0.3) is 0 Å². The van der Waals surface area contributed by atoms with Crippen LogP contribution in [0.15, 0.2) is 18.2 Å². The van der Waals surface area contributed by atoms with Crippen molar-refractivity contribution in [1.82, 2.24) is 5.32 Å². The molecule has 0 saturated carbocycles. The van der Waals surface area contributed by atoms with Crippen LogP contribution in [-0.4, -0.2) is 18.5 Å². The van der Waals surface area contributed by atoms with E-state index >= 15 is 0 Å². The van der Waals surface area contributed by atoms with E-state index in [1.54, 1.807) is 0 Å². The molecule has 0 saturated heterocycles. The fourth-order valence-electron chi connectivity index (χ4n) is 1.63. The molecule has 1 aromatic carbocycles. The van der Waals surface area contributed by atoms with Gasteiger partial charge < -0.3 is 16.4 Å². The van der Waals surface area contributed by atoms with Crippen LogP contribution >= 0.6 is 0 Å². The Kier molecular flexibility index (Phi) is 5.24. The molecule has 0 atom stereocenters. The first-order valence-corrected chi connectivity index (χ1v) is 6.20. The van der Waals surface area contributed by atoms with E-state index in [0.717, 1.165) is 6.07 Å². The Morgan fingerprint density at radius 1 is 1.35 bits per heavy atom. The highest BCUT2D eigenvalue weighted by Gasteiger charge is 2.33. The Balaban J connectivity index is 2.59. The number of nitrogen functional groups attached to an aromatic ring is 1. The van der Waals surface area contributed by atoms with Gasteiger partial charge in [0.1, 0.15) is 0 Å². The largest absolute Gasteiger partial charge is 0.418 e. The first kappa shape index (κ1) is 16.1. The summed E-state index contributed by atoms with van der Waals surface area (Å²) in [6.45, 7) is 3.92. The highest BCUT2D eigenvalue weighted by atomic mass is 19.4. The Morgan fingerprint density at radius 2 is 2.00 bits per heavy atom. The number of anilines is 2. The Bertz CT molecular complexity index is 472. The van der Waals surface area contributed by atoms with E-state index in [9.17, 15) is 18.0 Å². The number of carbonyl (C=O) groups is 1. The van der Waals surface area contributed by atoms with Gasteiger partial charge in [-0.3, -0.25) is 4.79 Å². The molecule has 4 N–H and O–H groups in total. The van der Waals surface area contributed by atoms with Gasteiger partial charge in [0.15, 0.2) is 0 Å². The maximum atomic E-state index is 12.7. The van der Waals surface area contributed by atoms with Gasteiger partial charge in [0.05, 0.1) is 5.56 Å². The van der Waals surface area contributed by atoms with E-state index < -0.39 is 11.7 Å². The van der Waals surface area contributed by atoms with Crippen molar-refractivity contribution >= 4 is 17.3 Å². The second-order valence-corrected chi connectivity index (χ2v) is 4.70. The topological polar surface area (TPSA) is 67.2 Å². The molecule has 112 valence electrons. The maximum absolute atomic E-state index is 12.7. The summed E-state index contributed by atoms with van der Waals surface area (Å²) in [6, 6.07) is 3.62. The van der Waals surface area contributed by atoms with Gasteiger partial charge in [-0.25, -0.2) is 0 Å². The van der Waals surface area contributed by atoms with Crippen molar-refractivity contribution < 1.29 is 18.0 Å². The SMILES string of the molecule is CC(C)NC(=O)CCNc1ccc(N)c(C(F)(F)F)c1. The van der Waals surface area contributed by atoms with Crippen LogP contribution in [0.25, 0.3) is 0 Å². The van der Waals surface area contributed by atoms with Crippen molar-refractivity contribution in [3.8, 4) is 0 Å². The van der Waals surface area contributed by atoms with E-state index in [2.05, 4.69) is 10.6 Å². The Labute approximate surface area is 115 Å². The summed E-state index contributed by atoms with van der Waals surface area (Å²) in [6.07, 6.45) is -4.30. The highest BCUT2D eigenvalue weighted by molar-refractivity contribution is 5.76. The highest BCUT2D eigenvalue weighted by Crippen LogP contribution is 2.35. The molecule has 0 aliphatic rings. The molecule has 1 rings (SSSR count). The molecule has 0 spiro atoms. The zero-order chi connectivity index (χ0) is 15.3. The van der Waals surface area contributed by atoms with Crippen molar-refractivity contribution in [2.45, 2.75) is 32.5 Å². The molecule has 0 radical (unpaired) electrons. The molecule has 0 unspecified atom stereocenters. The minimum Gasteiger partial charge on any atom is -0.398 e. The van der Waals surface area contributed by atoms with Gasteiger partial charge in [-0.15, -0.1) is 0 Å². The fraction of sp³-hybridized carbons (Fsp3) is 0.462. The lowest BCUT2D eigenvalue weighted by molar-refractivity contribution is -0.136. The van der Waals surface area contributed by atoms with Crippen molar-refractivity contribution in [3.63, 3.8) is 0 Å². The zero-order valence-electron chi connectivity index (χ0n) is 11.3. The molecule has 1 amide bonds. The average Bonchev–Trinajstić information content (AvgIpc) is 2.28. The third kappa shape index (κ3) is 4.99. The van der Waals surface area contributed by atoms with E-state index in [0.29, 0.717) is 0 Å². The number of rotatable bonds is 5. The quantitative estimate of drug-likeness (QED) is 0.730. The van der Waals surface area contributed by atoms with Crippen LogP contribution in [0.4, 0.5) is 24.5 Å². The lowest BCUT2D eigenvalue weighted by Gasteiger charge is -2.13. The van der Waals surface area contributed by atoms with Gasteiger partial charge in [-0.05, 0) is 32.0 Å². The van der Waals surface area contributed by atoms with Crippen LogP contribution in [0.5, 0.6) is 0 Å². The van der Waals surface area contributed by atoms with Crippen molar-refractivity contribution in [2.24, 2.45) is 0 Å². The fourth-order valence-corrected chi connectivity index (χ4v) is 1.63. The second kappa shape index (κ2) is 6.49. The lowest BCUT2D eigenvalue weighted by Crippen LogP contribution is -2.31. The van der Waals surface area contributed by atoms with Crippen molar-refractivity contribution in [1.29, 1.82) is 0 Å². The maximum Gasteiger partial charge on any atom is 0.418 e. The molecule has 0 aliphatic heterocycles. The Morgan fingerprint density at radius 3 is 2.55 bits per heavy atom. The third-order valence-corrected chi connectivity index (χ3v) is 2.49. The van der Waals surface area contributed by atoms with Gasteiger partial charge in [-0.2, -0.15) is 13.2 Å². The van der Waals surface area contributed by atoms with E-state index in [1.165, 1.54) is 12.1 Å². The van der Waals surface area contributed by atoms with E-state index in [1.807, 2.05) is 13.8 Å². The van der Waals surface area contributed by atoms with Crippen LogP contribution < -0.4 is 16.4 Å². The molecule has 0 fully saturated rings. The number of carbonyl (C=O) groups excluding carboxylic acids is 1. The zero-order valence-corrected chi connectivity index (χ0v) is 11.3. The van der Waals surface area contributed by atoms with Crippen LogP contribution in [0.1, 0.15) is 25.8 Å². The number of hydrogen-bond acceptors (Lipinski definition) is 3. The third-order valence-electron chi connectivity index (χ3n) is 2.49. The Hall–Kier alpha value is -1.92. The number of halogens is 3. The van der Waals surface area contributed by atoms with E-state index in [-0.39, 0.29) is 36.3 Å². The van der Waals surface area contributed by atoms with Crippen LogP contribution in [0.3, 0.4) is 0 Å². The van der Waals surface area contributed by atoms with Gasteiger partial charge >= 0.3 is 6.18 Å². The molecule has 0 bridgehead atoms. The molecule has 7 heteroatoms. The van der Waals surface area contributed by atoms with Gasteiger partial charge in [0.2, 0.25) is 5.91 Å². The number of alkyl halides is 3. The first-order valence-electron chi connectivity index (χ1n) is 6.20. The minimum atomic E-state index is -4.49. The average molecular weight is 289 g/mol. The number of amides is 1. The van der Waals surface area contributed by atoms with Crippen molar-refractivity contribution in [2.75, 3.05) is 17.6 Å². The molecular weight excluding hydrogens is 271 g/mol. The van der Waals surface area contributed by atoms with Crippen LogP contribution in [-0.2, 0) is 11.0 Å². The smallest absolute Gasteiger partial charge is 0.398 e. The summed E-state index contributed by atoms with van der Waals surface area (Å²) in [4.78, 5) is 11.4. The second-order valence-electron chi connectivity index (χ2n) is 4.70. The molecule has 0 heterocycles. The first-order chi connectivity index (χ1) is 9.20. The normalized spacial score (nSPS) is 11.5. The summed E-state index contributed by atoms with van der Waals surface area (Å²) >= 11 is 0. The van der Waals surface area contributed by atoms with Crippen molar-refractivity contribution in [3.05, 3.63) is 23.8 Å². The minimum absolute atomic E-state index is 0.0378. The summed E-state index contributed by atoms with van der Waals surface area (Å²) in [7, 11) is 0. The monoisotopic (exact) mass is 289 g/mol. The molecule has 1 aromatic rings. The number of benzene rings is 1. The summed E-state index contributed by atoms with van der Waals surface area (Å²) in [5.74, 6) is -0.154. The standard InChI is InChI=1S/C13H18F3N3O/c1-8(2)19-12(20)5-6-18-9-3-4-11(17)10(7-9)13(14,15)16/h3-4,7-8,18H,5-6,17H2,1-2H3,(H,19,20). The van der Waals surface area contributed by atoms with E-state index in [4.69, 9.17) is 5.73 Å². The predicted molar refractivity (Wildman–Crippen MR) is 72.2 cm³/mol. The molecular formula is C13H18F3N3O. The van der Waals surface area contributed by atoms with Crippen LogP contribution in [0.2, 0.25) is 0 Å². The van der Waals surface area contributed by atoms with Gasteiger partial charge in [-0.1, -0.05) is 0 Å².